The Labute approximate surface area is 230 Å². The number of aryl methyl sites for hydroxylation is 1. The highest BCUT2D eigenvalue weighted by Crippen LogP contribution is 2.28. The first-order valence-electron chi connectivity index (χ1n) is 13.0. The number of amides is 3. The molecule has 3 aromatic rings. The van der Waals surface area contributed by atoms with Crippen LogP contribution in [0, 0.1) is 12.8 Å². The number of methoxy groups -OCH3 is 3. The van der Waals surface area contributed by atoms with Crippen molar-refractivity contribution < 1.29 is 28.2 Å². The van der Waals surface area contributed by atoms with E-state index >= 15 is 0 Å². The second-order valence-corrected chi connectivity index (χ2v) is 9.70. The number of anilines is 1. The molecule has 0 unspecified atom stereocenters. The van der Waals surface area contributed by atoms with Gasteiger partial charge in [-0.15, -0.1) is 0 Å². The number of carbonyl (C=O) groups is 2. The third kappa shape index (κ3) is 8.70. The van der Waals surface area contributed by atoms with Crippen molar-refractivity contribution in [2.24, 2.45) is 5.92 Å². The minimum Gasteiger partial charge on any atom is -0.497 e. The van der Waals surface area contributed by atoms with Crippen molar-refractivity contribution in [3.8, 4) is 17.2 Å². The molecule has 9 heteroatoms. The Hall–Kier alpha value is -4.14. The standard InChI is InChI=1S/C30H39N3O6/c1-21(2)18-33(30(35)31-24-9-12-25(36-4)13-10-24)20-29(34)32(19-26-11-7-22(3)39-26)16-15-23-8-14-27(37-5)28(17-23)38-6/h7-14,17,21H,15-16,18-20H2,1-6H3,(H,31,35). The highest BCUT2D eigenvalue weighted by Gasteiger charge is 2.23. The average Bonchev–Trinajstić information content (AvgIpc) is 3.34. The molecule has 0 radical (unpaired) electrons. The topological polar surface area (TPSA) is 93.5 Å². The van der Waals surface area contributed by atoms with Gasteiger partial charge in [0.15, 0.2) is 11.5 Å². The zero-order chi connectivity index (χ0) is 28.4. The fourth-order valence-corrected chi connectivity index (χ4v) is 4.15. The summed E-state index contributed by atoms with van der Waals surface area (Å²) < 4.78 is 21.7. The van der Waals surface area contributed by atoms with Crippen molar-refractivity contribution in [3.05, 3.63) is 71.7 Å². The molecule has 0 aliphatic rings. The Morgan fingerprint density at radius 1 is 0.897 bits per heavy atom. The van der Waals surface area contributed by atoms with E-state index in [0.717, 1.165) is 11.3 Å². The van der Waals surface area contributed by atoms with E-state index in [1.54, 1.807) is 55.4 Å². The molecule has 0 saturated carbocycles. The van der Waals surface area contributed by atoms with Gasteiger partial charge in [-0.2, -0.15) is 0 Å². The number of rotatable bonds is 13. The molecule has 1 N–H and O–H groups in total. The first-order valence-corrected chi connectivity index (χ1v) is 13.0. The van der Waals surface area contributed by atoms with Crippen molar-refractivity contribution in [2.75, 3.05) is 46.3 Å². The lowest BCUT2D eigenvalue weighted by Gasteiger charge is -2.28. The van der Waals surface area contributed by atoms with Crippen LogP contribution in [0.2, 0.25) is 0 Å². The van der Waals surface area contributed by atoms with Crippen LogP contribution in [0.5, 0.6) is 17.2 Å². The largest absolute Gasteiger partial charge is 0.497 e. The maximum absolute atomic E-state index is 13.6. The van der Waals surface area contributed by atoms with E-state index in [1.807, 2.05) is 51.1 Å². The van der Waals surface area contributed by atoms with E-state index in [0.29, 0.717) is 54.8 Å². The molecule has 210 valence electrons. The summed E-state index contributed by atoms with van der Waals surface area (Å²) in [4.78, 5) is 30.1. The van der Waals surface area contributed by atoms with Gasteiger partial charge < -0.3 is 33.7 Å². The smallest absolute Gasteiger partial charge is 0.322 e. The number of benzene rings is 2. The lowest BCUT2D eigenvalue weighted by Crippen LogP contribution is -2.46. The van der Waals surface area contributed by atoms with Crippen LogP contribution in [0.3, 0.4) is 0 Å². The molecule has 3 rings (SSSR count). The van der Waals surface area contributed by atoms with Gasteiger partial charge >= 0.3 is 6.03 Å². The first kappa shape index (κ1) is 29.4. The number of nitrogens with zero attached hydrogens (tertiary/aromatic N) is 2. The monoisotopic (exact) mass is 537 g/mol. The van der Waals surface area contributed by atoms with Gasteiger partial charge in [0, 0.05) is 18.8 Å². The Bertz CT molecular complexity index is 1220. The normalized spacial score (nSPS) is 10.7. The molecular weight excluding hydrogens is 498 g/mol. The molecule has 2 aromatic carbocycles. The van der Waals surface area contributed by atoms with Crippen LogP contribution in [0.25, 0.3) is 0 Å². The molecule has 1 aromatic heterocycles. The van der Waals surface area contributed by atoms with Gasteiger partial charge in [-0.1, -0.05) is 19.9 Å². The molecule has 1 heterocycles. The molecule has 39 heavy (non-hydrogen) atoms. The van der Waals surface area contributed by atoms with Crippen LogP contribution in [-0.2, 0) is 17.8 Å². The van der Waals surface area contributed by atoms with Crippen LogP contribution in [0.15, 0.2) is 59.0 Å². The zero-order valence-electron chi connectivity index (χ0n) is 23.7. The van der Waals surface area contributed by atoms with Gasteiger partial charge in [-0.05, 0) is 73.4 Å². The van der Waals surface area contributed by atoms with Gasteiger partial charge in [0.2, 0.25) is 5.91 Å². The number of nitrogens with one attached hydrogen (secondary N) is 1. The summed E-state index contributed by atoms with van der Waals surface area (Å²) in [6.07, 6.45) is 0.591. The van der Waals surface area contributed by atoms with Crippen molar-refractivity contribution in [1.82, 2.24) is 9.80 Å². The Balaban J connectivity index is 1.75. The fraction of sp³-hybridized carbons (Fsp3) is 0.400. The van der Waals surface area contributed by atoms with Gasteiger partial charge in [0.1, 0.15) is 23.8 Å². The molecule has 0 aliphatic carbocycles. The Morgan fingerprint density at radius 3 is 2.21 bits per heavy atom. The maximum atomic E-state index is 13.6. The average molecular weight is 538 g/mol. The summed E-state index contributed by atoms with van der Waals surface area (Å²) in [5.41, 5.74) is 1.62. The predicted molar refractivity (Wildman–Crippen MR) is 151 cm³/mol. The van der Waals surface area contributed by atoms with E-state index in [4.69, 9.17) is 18.6 Å². The van der Waals surface area contributed by atoms with E-state index < -0.39 is 0 Å². The molecule has 0 atom stereocenters. The number of urea groups is 1. The third-order valence-corrected chi connectivity index (χ3v) is 6.15. The summed E-state index contributed by atoms with van der Waals surface area (Å²) in [5.74, 6) is 3.44. The molecule has 3 amide bonds. The van der Waals surface area contributed by atoms with Gasteiger partial charge in [-0.3, -0.25) is 4.79 Å². The maximum Gasteiger partial charge on any atom is 0.322 e. The molecule has 0 saturated heterocycles. The Kier molecular flexibility index (Phi) is 10.7. The summed E-state index contributed by atoms with van der Waals surface area (Å²) in [5, 5.41) is 2.89. The quantitative estimate of drug-likeness (QED) is 0.315. The van der Waals surface area contributed by atoms with Crippen molar-refractivity contribution in [2.45, 2.75) is 33.7 Å². The summed E-state index contributed by atoms with van der Waals surface area (Å²) in [7, 11) is 4.78. The zero-order valence-corrected chi connectivity index (χ0v) is 23.7. The van der Waals surface area contributed by atoms with Gasteiger partial charge in [0.05, 0.1) is 27.9 Å². The molecule has 9 nitrogen and oxygen atoms in total. The van der Waals surface area contributed by atoms with Crippen LogP contribution in [-0.4, -0.2) is 62.7 Å². The Morgan fingerprint density at radius 2 is 1.62 bits per heavy atom. The van der Waals surface area contributed by atoms with E-state index in [2.05, 4.69) is 5.32 Å². The van der Waals surface area contributed by atoms with Gasteiger partial charge in [0.25, 0.3) is 0 Å². The summed E-state index contributed by atoms with van der Waals surface area (Å²) in [6, 6.07) is 16.2. The van der Waals surface area contributed by atoms with Crippen molar-refractivity contribution >= 4 is 17.6 Å². The van der Waals surface area contributed by atoms with Crippen molar-refractivity contribution in [1.29, 1.82) is 0 Å². The lowest BCUT2D eigenvalue weighted by atomic mass is 10.1. The molecule has 0 spiro atoms. The summed E-state index contributed by atoms with van der Waals surface area (Å²) in [6.45, 7) is 6.99. The number of carbonyl (C=O) groups excluding carboxylic acids is 2. The first-order chi connectivity index (χ1) is 18.7. The third-order valence-electron chi connectivity index (χ3n) is 6.15. The van der Waals surface area contributed by atoms with E-state index in [9.17, 15) is 9.59 Å². The van der Waals surface area contributed by atoms with Crippen LogP contribution in [0.1, 0.15) is 30.9 Å². The minimum absolute atomic E-state index is 0.0637. The minimum atomic E-state index is -0.337. The molecule has 0 fully saturated rings. The fourth-order valence-electron chi connectivity index (χ4n) is 4.15. The molecule has 0 bridgehead atoms. The molecule has 0 aliphatic heterocycles. The highest BCUT2D eigenvalue weighted by molar-refractivity contribution is 5.92. The van der Waals surface area contributed by atoms with Crippen LogP contribution < -0.4 is 19.5 Å². The second-order valence-electron chi connectivity index (χ2n) is 9.70. The van der Waals surface area contributed by atoms with Crippen LogP contribution >= 0.6 is 0 Å². The predicted octanol–water partition coefficient (Wildman–Crippen LogP) is 5.38. The van der Waals surface area contributed by atoms with Crippen LogP contribution in [0.4, 0.5) is 10.5 Å². The van der Waals surface area contributed by atoms with Crippen molar-refractivity contribution in [3.63, 3.8) is 0 Å². The SMILES string of the molecule is COc1ccc(NC(=O)N(CC(=O)N(CCc2ccc(OC)c(OC)c2)Cc2ccc(C)o2)CC(C)C)cc1. The molecular formula is C30H39N3O6. The highest BCUT2D eigenvalue weighted by atomic mass is 16.5. The van der Waals surface area contributed by atoms with E-state index in [1.165, 1.54) is 0 Å². The van der Waals surface area contributed by atoms with Gasteiger partial charge in [-0.25, -0.2) is 4.79 Å². The number of furan rings is 1. The lowest BCUT2D eigenvalue weighted by molar-refractivity contribution is -0.132. The van der Waals surface area contributed by atoms with E-state index in [-0.39, 0.29) is 24.4 Å². The number of hydrogen-bond acceptors (Lipinski definition) is 6. The number of hydrogen-bond donors (Lipinski definition) is 1. The second kappa shape index (κ2) is 14.1. The number of ether oxygens (including phenoxy) is 3. The summed E-state index contributed by atoms with van der Waals surface area (Å²) >= 11 is 0.